The van der Waals surface area contributed by atoms with Crippen molar-refractivity contribution < 1.29 is 19.1 Å². The van der Waals surface area contributed by atoms with Crippen LogP contribution in [-0.2, 0) is 4.74 Å². The molecule has 1 aromatic rings. The highest BCUT2D eigenvalue weighted by molar-refractivity contribution is 6.33. The van der Waals surface area contributed by atoms with Crippen molar-refractivity contribution in [3.63, 3.8) is 0 Å². The number of halogens is 1. The normalized spacial score (nSPS) is 22.0. The lowest BCUT2D eigenvalue weighted by Gasteiger charge is -2.41. The topological polar surface area (TPSA) is 109 Å². The van der Waals surface area contributed by atoms with Crippen molar-refractivity contribution in [2.75, 3.05) is 52.7 Å². The van der Waals surface area contributed by atoms with E-state index in [4.69, 9.17) is 26.8 Å². The highest BCUT2D eigenvalue weighted by Crippen LogP contribution is 2.29. The van der Waals surface area contributed by atoms with Gasteiger partial charge in [-0.2, -0.15) is 0 Å². The minimum Gasteiger partial charge on any atom is -0.496 e. The Hall–Kier alpha value is -2.23. The molecule has 9 nitrogen and oxygen atoms in total. The number of urea groups is 1. The summed E-state index contributed by atoms with van der Waals surface area (Å²) >= 11 is 6.13. The summed E-state index contributed by atoms with van der Waals surface area (Å²) < 4.78 is 11.1. The number of rotatable bonds is 7. The Morgan fingerprint density at radius 1 is 1.18 bits per heavy atom. The molecule has 0 spiro atoms. The molecule has 34 heavy (non-hydrogen) atoms. The summed E-state index contributed by atoms with van der Waals surface area (Å²) in [6.07, 6.45) is 2.66. The Kier molecular flexibility index (Phi) is 9.27. The van der Waals surface area contributed by atoms with Crippen molar-refractivity contribution in [1.82, 2.24) is 20.4 Å². The van der Waals surface area contributed by atoms with E-state index < -0.39 is 0 Å². The zero-order chi connectivity index (χ0) is 24.8. The second-order valence-electron chi connectivity index (χ2n) is 9.51. The van der Waals surface area contributed by atoms with E-state index in [-0.39, 0.29) is 30.1 Å². The van der Waals surface area contributed by atoms with Gasteiger partial charge in [-0.15, -0.1) is 0 Å². The molecule has 0 radical (unpaired) electrons. The van der Waals surface area contributed by atoms with Gasteiger partial charge in [-0.1, -0.05) is 11.6 Å². The average Bonchev–Trinajstić information content (AvgIpc) is 2.81. The van der Waals surface area contributed by atoms with Gasteiger partial charge < -0.3 is 35.6 Å². The van der Waals surface area contributed by atoms with Crippen molar-refractivity contribution in [2.24, 2.45) is 5.92 Å². The van der Waals surface area contributed by atoms with Gasteiger partial charge in [0, 0.05) is 51.9 Å². The zero-order valence-corrected chi connectivity index (χ0v) is 21.4. The summed E-state index contributed by atoms with van der Waals surface area (Å²) in [4.78, 5) is 29.5. The van der Waals surface area contributed by atoms with Gasteiger partial charge in [-0.3, -0.25) is 4.79 Å². The maximum Gasteiger partial charge on any atom is 0.317 e. The molecule has 0 aliphatic carbocycles. The summed E-state index contributed by atoms with van der Waals surface area (Å²) in [6.45, 7) is 8.12. The zero-order valence-electron chi connectivity index (χ0n) is 20.6. The smallest absolute Gasteiger partial charge is 0.317 e. The third kappa shape index (κ3) is 6.67. The number of nitrogens with zero attached hydrogens (tertiary/aromatic N) is 2. The Morgan fingerprint density at radius 3 is 2.50 bits per heavy atom. The fourth-order valence-electron chi connectivity index (χ4n) is 4.73. The van der Waals surface area contributed by atoms with E-state index in [0.29, 0.717) is 27.9 Å². The number of carbonyl (C=O) groups is 2. The number of likely N-dealkylation sites (tertiary alicyclic amines) is 2. The molecule has 2 saturated heterocycles. The highest BCUT2D eigenvalue weighted by atomic mass is 35.5. The Morgan fingerprint density at radius 2 is 1.88 bits per heavy atom. The van der Waals surface area contributed by atoms with Crippen LogP contribution in [0.2, 0.25) is 5.02 Å². The Balaban J connectivity index is 1.51. The van der Waals surface area contributed by atoms with Crippen molar-refractivity contribution in [3.05, 3.63) is 22.7 Å². The number of benzene rings is 1. The molecule has 3 amide bonds. The van der Waals surface area contributed by atoms with E-state index in [0.717, 1.165) is 52.0 Å². The van der Waals surface area contributed by atoms with Gasteiger partial charge in [0.15, 0.2) is 0 Å². The lowest BCUT2D eigenvalue weighted by Crippen LogP contribution is -2.56. The number of nitrogens with one attached hydrogen (secondary N) is 2. The maximum atomic E-state index is 13.0. The molecule has 2 aliphatic rings. The summed E-state index contributed by atoms with van der Waals surface area (Å²) in [5.41, 5.74) is 6.55. The number of hydrogen-bond acceptors (Lipinski definition) is 6. The molecule has 0 aromatic heterocycles. The standard InChI is InChI=1S/C24H38ClN5O4/c1-15(2)27-24(32)30-9-5-16(6-10-30)13-29-8-7-20(22(14-29)34-4)28-23(31)17-11-18(25)19(26)12-21(17)33-3/h11-12,15-16,20,22H,5-10,13-14,26H2,1-4H3,(H,27,32)(H,28,31). The van der Waals surface area contributed by atoms with E-state index >= 15 is 0 Å². The van der Waals surface area contributed by atoms with Crippen LogP contribution < -0.4 is 21.1 Å². The molecular formula is C24H38ClN5O4. The number of piperidine rings is 2. The SMILES string of the molecule is COc1cc(N)c(Cl)cc1C(=O)NC1CCN(CC2CCN(C(=O)NC(C)C)CC2)CC1OC. The fourth-order valence-corrected chi connectivity index (χ4v) is 4.90. The quantitative estimate of drug-likeness (QED) is 0.502. The molecule has 0 saturated carbocycles. The van der Waals surface area contributed by atoms with Crippen LogP contribution in [0.4, 0.5) is 10.5 Å². The van der Waals surface area contributed by atoms with Crippen molar-refractivity contribution >= 4 is 29.2 Å². The third-order valence-electron chi connectivity index (χ3n) is 6.66. The lowest BCUT2D eigenvalue weighted by atomic mass is 9.94. The second kappa shape index (κ2) is 12.0. The van der Waals surface area contributed by atoms with Crippen LogP contribution in [-0.4, -0.2) is 86.9 Å². The van der Waals surface area contributed by atoms with Gasteiger partial charge in [0.2, 0.25) is 0 Å². The minimum atomic E-state index is -0.258. The number of hydrogen-bond donors (Lipinski definition) is 3. The molecule has 10 heteroatoms. The maximum absolute atomic E-state index is 13.0. The predicted octanol–water partition coefficient (Wildman–Crippen LogP) is 2.58. The van der Waals surface area contributed by atoms with E-state index in [1.54, 1.807) is 13.2 Å². The van der Waals surface area contributed by atoms with Gasteiger partial charge in [0.1, 0.15) is 5.75 Å². The number of carbonyl (C=O) groups excluding carboxylic acids is 2. The Labute approximate surface area is 207 Å². The van der Waals surface area contributed by atoms with Crippen LogP contribution in [0.15, 0.2) is 12.1 Å². The van der Waals surface area contributed by atoms with Crippen LogP contribution in [0.25, 0.3) is 0 Å². The lowest BCUT2D eigenvalue weighted by molar-refractivity contribution is -0.000640. The molecule has 0 bridgehead atoms. The molecule has 3 rings (SSSR count). The highest BCUT2D eigenvalue weighted by Gasteiger charge is 2.33. The summed E-state index contributed by atoms with van der Waals surface area (Å²) in [6, 6.07) is 3.16. The molecule has 2 aliphatic heterocycles. The molecular weight excluding hydrogens is 458 g/mol. The number of methoxy groups -OCH3 is 2. The molecule has 2 fully saturated rings. The first-order valence-corrected chi connectivity index (χ1v) is 12.3. The monoisotopic (exact) mass is 495 g/mol. The van der Waals surface area contributed by atoms with Gasteiger partial charge in [0.05, 0.1) is 35.5 Å². The van der Waals surface area contributed by atoms with E-state index in [1.807, 2.05) is 18.7 Å². The Bertz CT molecular complexity index is 860. The number of nitrogen functional groups attached to an aromatic ring is 1. The van der Waals surface area contributed by atoms with Crippen LogP contribution in [0.1, 0.15) is 43.5 Å². The second-order valence-corrected chi connectivity index (χ2v) is 9.92. The van der Waals surface area contributed by atoms with Crippen LogP contribution in [0, 0.1) is 5.92 Å². The first kappa shape index (κ1) is 26.4. The van der Waals surface area contributed by atoms with E-state index in [9.17, 15) is 9.59 Å². The van der Waals surface area contributed by atoms with Gasteiger partial charge >= 0.3 is 6.03 Å². The van der Waals surface area contributed by atoms with Gasteiger partial charge in [0.25, 0.3) is 5.91 Å². The number of ether oxygens (including phenoxy) is 2. The van der Waals surface area contributed by atoms with Crippen molar-refractivity contribution in [2.45, 2.75) is 51.3 Å². The summed E-state index contributed by atoms with van der Waals surface area (Å²) in [5.74, 6) is 0.679. The van der Waals surface area contributed by atoms with Crippen LogP contribution in [0.5, 0.6) is 5.75 Å². The number of nitrogens with two attached hydrogens (primary N) is 1. The molecule has 2 atom stereocenters. The van der Waals surface area contributed by atoms with Crippen molar-refractivity contribution in [1.29, 1.82) is 0 Å². The molecule has 4 N–H and O–H groups in total. The summed E-state index contributed by atoms with van der Waals surface area (Å²) in [7, 11) is 3.18. The largest absolute Gasteiger partial charge is 0.496 e. The van der Waals surface area contributed by atoms with Gasteiger partial charge in [-0.05, 0) is 45.1 Å². The predicted molar refractivity (Wildman–Crippen MR) is 133 cm³/mol. The molecule has 2 heterocycles. The minimum absolute atomic E-state index is 0.0310. The summed E-state index contributed by atoms with van der Waals surface area (Å²) in [5, 5.41) is 6.38. The number of amides is 3. The third-order valence-corrected chi connectivity index (χ3v) is 6.98. The van der Waals surface area contributed by atoms with Crippen LogP contribution in [0.3, 0.4) is 0 Å². The molecule has 2 unspecified atom stereocenters. The molecule has 1 aromatic carbocycles. The van der Waals surface area contributed by atoms with Gasteiger partial charge in [-0.25, -0.2) is 4.79 Å². The first-order valence-electron chi connectivity index (χ1n) is 12.0. The average molecular weight is 496 g/mol. The molecule has 190 valence electrons. The number of anilines is 1. The van der Waals surface area contributed by atoms with E-state index in [2.05, 4.69) is 15.5 Å². The van der Waals surface area contributed by atoms with Crippen LogP contribution >= 0.6 is 11.6 Å². The van der Waals surface area contributed by atoms with E-state index in [1.165, 1.54) is 13.2 Å². The first-order chi connectivity index (χ1) is 16.2. The van der Waals surface area contributed by atoms with Crippen molar-refractivity contribution in [3.8, 4) is 5.75 Å². The fraction of sp³-hybridized carbons (Fsp3) is 0.667.